The van der Waals surface area contributed by atoms with Crippen LogP contribution in [-0.4, -0.2) is 45.9 Å². The first-order chi connectivity index (χ1) is 11.4. The summed E-state index contributed by atoms with van der Waals surface area (Å²) in [5.41, 5.74) is 0.587. The molecule has 0 aromatic carbocycles. The fourth-order valence-electron chi connectivity index (χ4n) is 2.58. The Balaban J connectivity index is 2.56. The molecule has 1 atom stereocenters. The lowest BCUT2D eigenvalue weighted by atomic mass is 10.0. The summed E-state index contributed by atoms with van der Waals surface area (Å²) in [7, 11) is 1.84. The third-order valence-electron chi connectivity index (χ3n) is 4.34. The molecule has 6 heteroatoms. The van der Waals surface area contributed by atoms with Crippen LogP contribution in [0, 0.1) is 12.8 Å². The van der Waals surface area contributed by atoms with Gasteiger partial charge in [-0.25, -0.2) is 4.98 Å². The van der Waals surface area contributed by atoms with Crippen LogP contribution in [0.1, 0.15) is 62.8 Å². The van der Waals surface area contributed by atoms with Crippen LogP contribution in [0.4, 0.5) is 0 Å². The first-order valence-electron chi connectivity index (χ1n) is 8.97. The molecule has 1 aromatic rings. The van der Waals surface area contributed by atoms with Gasteiger partial charge < -0.3 is 14.8 Å². The summed E-state index contributed by atoms with van der Waals surface area (Å²) < 4.78 is 1.80. The van der Waals surface area contributed by atoms with E-state index in [1.54, 1.807) is 15.7 Å². The quantitative estimate of drug-likeness (QED) is 0.714. The van der Waals surface area contributed by atoms with Crippen LogP contribution in [0.15, 0.2) is 6.20 Å². The lowest BCUT2D eigenvalue weighted by Gasteiger charge is -2.23. The van der Waals surface area contributed by atoms with Gasteiger partial charge in [-0.05, 0) is 19.8 Å². The van der Waals surface area contributed by atoms with Gasteiger partial charge in [0, 0.05) is 32.6 Å². The summed E-state index contributed by atoms with van der Waals surface area (Å²) in [6, 6.07) is 0. The summed E-state index contributed by atoms with van der Waals surface area (Å²) >= 11 is 0. The van der Waals surface area contributed by atoms with Crippen LogP contribution in [0.25, 0.3) is 0 Å². The van der Waals surface area contributed by atoms with E-state index < -0.39 is 0 Å². The SMILES string of the molecule is CCCCC(C)C(=O)NCCN(CCC)C(=O)c1cnc(C)n1C. The van der Waals surface area contributed by atoms with Gasteiger partial charge in [0.05, 0.1) is 6.20 Å². The van der Waals surface area contributed by atoms with Gasteiger partial charge in [-0.2, -0.15) is 0 Å². The minimum absolute atomic E-state index is 0.0278. The molecule has 0 fully saturated rings. The molecule has 1 aromatic heterocycles. The van der Waals surface area contributed by atoms with Crippen molar-refractivity contribution in [1.82, 2.24) is 19.8 Å². The molecule has 136 valence electrons. The molecule has 24 heavy (non-hydrogen) atoms. The highest BCUT2D eigenvalue weighted by Crippen LogP contribution is 2.08. The predicted molar refractivity (Wildman–Crippen MR) is 95.8 cm³/mol. The van der Waals surface area contributed by atoms with Crippen LogP contribution in [0.5, 0.6) is 0 Å². The average Bonchev–Trinajstić information content (AvgIpc) is 2.90. The average molecular weight is 336 g/mol. The molecule has 0 spiro atoms. The number of amides is 2. The van der Waals surface area contributed by atoms with Gasteiger partial charge in [-0.3, -0.25) is 9.59 Å². The molecule has 0 aliphatic heterocycles. The van der Waals surface area contributed by atoms with Gasteiger partial charge in [-0.15, -0.1) is 0 Å². The minimum Gasteiger partial charge on any atom is -0.354 e. The number of hydrogen-bond donors (Lipinski definition) is 1. The Morgan fingerprint density at radius 3 is 2.54 bits per heavy atom. The van der Waals surface area contributed by atoms with E-state index in [9.17, 15) is 9.59 Å². The number of carbonyl (C=O) groups is 2. The van der Waals surface area contributed by atoms with Crippen molar-refractivity contribution in [1.29, 1.82) is 0 Å². The van der Waals surface area contributed by atoms with Crippen LogP contribution < -0.4 is 5.32 Å². The summed E-state index contributed by atoms with van der Waals surface area (Å²) in [6.07, 6.45) is 5.57. The highest BCUT2D eigenvalue weighted by atomic mass is 16.2. The third kappa shape index (κ3) is 5.65. The van der Waals surface area contributed by atoms with Crippen molar-refractivity contribution in [2.24, 2.45) is 13.0 Å². The Labute approximate surface area is 145 Å². The van der Waals surface area contributed by atoms with E-state index in [0.717, 1.165) is 31.5 Å². The van der Waals surface area contributed by atoms with Crippen molar-refractivity contribution < 1.29 is 9.59 Å². The van der Waals surface area contributed by atoms with Crippen LogP contribution >= 0.6 is 0 Å². The minimum atomic E-state index is -0.0340. The van der Waals surface area contributed by atoms with E-state index in [4.69, 9.17) is 0 Å². The number of carbonyl (C=O) groups excluding carboxylic acids is 2. The smallest absolute Gasteiger partial charge is 0.272 e. The number of nitrogens with zero attached hydrogens (tertiary/aromatic N) is 3. The standard InChI is InChI=1S/C18H32N4O2/c1-6-8-9-14(3)17(23)19-10-12-22(11-7-2)18(24)16-13-20-15(4)21(16)5/h13-14H,6-12H2,1-5H3,(H,19,23). The number of rotatable bonds is 10. The van der Waals surface area contributed by atoms with Crippen molar-refractivity contribution in [3.05, 3.63) is 17.7 Å². The molecule has 0 saturated heterocycles. The first kappa shape index (κ1) is 20.2. The van der Waals surface area contributed by atoms with Gasteiger partial charge in [0.25, 0.3) is 5.91 Å². The zero-order valence-corrected chi connectivity index (χ0v) is 15.8. The second-order valence-electron chi connectivity index (χ2n) is 6.38. The Hall–Kier alpha value is -1.85. The molecule has 1 N–H and O–H groups in total. The third-order valence-corrected chi connectivity index (χ3v) is 4.34. The number of aromatic nitrogens is 2. The molecule has 0 radical (unpaired) electrons. The summed E-state index contributed by atoms with van der Waals surface area (Å²) in [5.74, 6) is 0.879. The lowest BCUT2D eigenvalue weighted by Crippen LogP contribution is -2.40. The van der Waals surface area contributed by atoms with Crippen molar-refractivity contribution in [3.8, 4) is 0 Å². The molecule has 0 aliphatic rings. The maximum atomic E-state index is 12.7. The fraction of sp³-hybridized carbons (Fsp3) is 0.722. The van der Waals surface area contributed by atoms with Gasteiger partial charge >= 0.3 is 0 Å². The van der Waals surface area contributed by atoms with Crippen LogP contribution in [0.3, 0.4) is 0 Å². The second-order valence-corrected chi connectivity index (χ2v) is 6.38. The molecule has 6 nitrogen and oxygen atoms in total. The normalized spacial score (nSPS) is 12.0. The molecule has 0 bridgehead atoms. The van der Waals surface area contributed by atoms with E-state index >= 15 is 0 Å². The van der Waals surface area contributed by atoms with Crippen molar-refractivity contribution >= 4 is 11.8 Å². The Morgan fingerprint density at radius 2 is 2.00 bits per heavy atom. The molecule has 1 rings (SSSR count). The Kier molecular flexibility index (Phi) is 8.50. The Bertz CT molecular complexity index is 539. The van der Waals surface area contributed by atoms with Crippen molar-refractivity contribution in [3.63, 3.8) is 0 Å². The summed E-state index contributed by atoms with van der Waals surface area (Å²) in [5, 5.41) is 2.95. The molecule has 1 heterocycles. The molecule has 0 aliphatic carbocycles. The van der Waals surface area contributed by atoms with Crippen molar-refractivity contribution in [2.45, 2.75) is 53.4 Å². The van der Waals surface area contributed by atoms with Gasteiger partial charge in [0.1, 0.15) is 11.5 Å². The number of imidazole rings is 1. The predicted octanol–water partition coefficient (Wildman–Crippen LogP) is 2.52. The number of hydrogen-bond acceptors (Lipinski definition) is 3. The maximum absolute atomic E-state index is 12.7. The number of aryl methyl sites for hydroxylation is 1. The number of nitrogens with one attached hydrogen (secondary N) is 1. The van der Waals surface area contributed by atoms with Gasteiger partial charge in [0.15, 0.2) is 0 Å². The highest BCUT2D eigenvalue weighted by molar-refractivity contribution is 5.92. The number of unbranched alkanes of at least 4 members (excludes halogenated alkanes) is 1. The molecule has 0 saturated carbocycles. The molecule has 2 amide bonds. The fourth-order valence-corrected chi connectivity index (χ4v) is 2.58. The zero-order valence-electron chi connectivity index (χ0n) is 15.8. The van der Waals surface area contributed by atoms with Crippen molar-refractivity contribution in [2.75, 3.05) is 19.6 Å². The highest BCUT2D eigenvalue weighted by Gasteiger charge is 2.19. The van der Waals surface area contributed by atoms with E-state index in [0.29, 0.717) is 25.3 Å². The van der Waals surface area contributed by atoms with E-state index in [-0.39, 0.29) is 17.7 Å². The Morgan fingerprint density at radius 1 is 1.29 bits per heavy atom. The van der Waals surface area contributed by atoms with Gasteiger partial charge in [-0.1, -0.05) is 33.6 Å². The van der Waals surface area contributed by atoms with E-state index in [1.165, 1.54) is 0 Å². The largest absolute Gasteiger partial charge is 0.354 e. The summed E-state index contributed by atoms with van der Waals surface area (Å²) in [6.45, 7) is 9.67. The summed E-state index contributed by atoms with van der Waals surface area (Å²) in [4.78, 5) is 30.7. The second kappa shape index (κ2) is 10.1. The molecule has 1 unspecified atom stereocenters. The van der Waals surface area contributed by atoms with Gasteiger partial charge in [0.2, 0.25) is 5.91 Å². The molecular weight excluding hydrogens is 304 g/mol. The van der Waals surface area contributed by atoms with Crippen LogP contribution in [0.2, 0.25) is 0 Å². The maximum Gasteiger partial charge on any atom is 0.272 e. The zero-order chi connectivity index (χ0) is 18.1. The van der Waals surface area contributed by atoms with Crippen LogP contribution in [-0.2, 0) is 11.8 Å². The van der Waals surface area contributed by atoms with E-state index in [2.05, 4.69) is 17.2 Å². The lowest BCUT2D eigenvalue weighted by molar-refractivity contribution is -0.124. The monoisotopic (exact) mass is 336 g/mol. The van der Waals surface area contributed by atoms with E-state index in [1.807, 2.05) is 27.8 Å². The first-order valence-corrected chi connectivity index (χ1v) is 8.97. The molecular formula is C18H32N4O2. The topological polar surface area (TPSA) is 67.2 Å².